The number of rotatable bonds is 5. The molecular weight excluding hydrogens is 290 g/mol. The first-order valence-electron chi connectivity index (χ1n) is 7.83. The van der Waals surface area contributed by atoms with Gasteiger partial charge < -0.3 is 9.88 Å². The summed E-state index contributed by atoms with van der Waals surface area (Å²) in [6.45, 7) is 9.12. The van der Waals surface area contributed by atoms with Gasteiger partial charge in [-0.15, -0.1) is 10.2 Å². The Morgan fingerprint density at radius 2 is 2.09 bits per heavy atom. The third-order valence-corrected chi connectivity index (χ3v) is 3.78. The Hall–Kier alpha value is -2.57. The molecule has 1 atom stereocenters. The molecule has 0 saturated heterocycles. The number of nitrogens with zero attached hydrogens (tertiary/aromatic N) is 6. The molecule has 7 nitrogen and oxygen atoms in total. The van der Waals surface area contributed by atoms with Crippen molar-refractivity contribution < 1.29 is 0 Å². The van der Waals surface area contributed by atoms with E-state index < -0.39 is 0 Å². The van der Waals surface area contributed by atoms with Crippen molar-refractivity contribution in [3.05, 3.63) is 35.8 Å². The van der Waals surface area contributed by atoms with Crippen molar-refractivity contribution in [2.45, 2.75) is 46.7 Å². The highest BCUT2D eigenvalue weighted by atomic mass is 15.3. The molecule has 0 amide bonds. The first-order chi connectivity index (χ1) is 11.1. The summed E-state index contributed by atoms with van der Waals surface area (Å²) < 4.78 is 2.07. The molecular formula is C16H21N7. The Morgan fingerprint density at radius 3 is 2.87 bits per heavy atom. The standard InChI is InChI=1S/C16H21N7/c1-5-6-23-9-19-22-16(23)12(4)21-15-13-10(2)7-11(3)20-14(13)17-8-18-15/h7-9,12H,5-6H2,1-4H3,(H,17,18,20,21). The molecule has 3 rings (SSSR count). The van der Waals surface area contributed by atoms with E-state index in [2.05, 4.69) is 55.8 Å². The molecule has 0 aliphatic rings. The maximum absolute atomic E-state index is 4.49. The van der Waals surface area contributed by atoms with Crippen LogP contribution in [0.4, 0.5) is 5.82 Å². The van der Waals surface area contributed by atoms with Crippen LogP contribution in [0.25, 0.3) is 11.0 Å². The molecule has 0 aliphatic heterocycles. The van der Waals surface area contributed by atoms with Crippen molar-refractivity contribution >= 4 is 16.9 Å². The van der Waals surface area contributed by atoms with Crippen molar-refractivity contribution in [2.24, 2.45) is 0 Å². The summed E-state index contributed by atoms with van der Waals surface area (Å²) in [5.74, 6) is 1.68. The van der Waals surface area contributed by atoms with Gasteiger partial charge in [-0.25, -0.2) is 15.0 Å². The zero-order valence-corrected chi connectivity index (χ0v) is 13.9. The largest absolute Gasteiger partial charge is 0.360 e. The minimum Gasteiger partial charge on any atom is -0.360 e. The second kappa shape index (κ2) is 6.28. The summed E-state index contributed by atoms with van der Waals surface area (Å²) >= 11 is 0. The lowest BCUT2D eigenvalue weighted by Gasteiger charge is -2.16. The second-order valence-corrected chi connectivity index (χ2v) is 5.75. The summed E-state index contributed by atoms with van der Waals surface area (Å²) in [5.41, 5.74) is 2.77. The maximum Gasteiger partial charge on any atom is 0.165 e. The molecule has 120 valence electrons. The normalized spacial score (nSPS) is 12.5. The molecule has 1 unspecified atom stereocenters. The van der Waals surface area contributed by atoms with Crippen LogP contribution in [-0.2, 0) is 6.54 Å². The van der Waals surface area contributed by atoms with Gasteiger partial charge in [0.1, 0.15) is 18.5 Å². The average Bonchev–Trinajstić information content (AvgIpc) is 2.95. The molecule has 1 N–H and O–H groups in total. The summed E-state index contributed by atoms with van der Waals surface area (Å²) in [6, 6.07) is 2.03. The third kappa shape index (κ3) is 2.99. The van der Waals surface area contributed by atoms with Gasteiger partial charge in [-0.2, -0.15) is 0 Å². The van der Waals surface area contributed by atoms with Crippen molar-refractivity contribution in [1.82, 2.24) is 29.7 Å². The molecule has 3 aromatic rings. The van der Waals surface area contributed by atoms with Gasteiger partial charge in [-0.1, -0.05) is 6.92 Å². The number of nitrogens with one attached hydrogen (secondary N) is 1. The highest BCUT2D eigenvalue weighted by Crippen LogP contribution is 2.25. The number of aryl methyl sites for hydroxylation is 3. The molecule has 7 heteroatoms. The van der Waals surface area contributed by atoms with E-state index in [4.69, 9.17) is 0 Å². The fourth-order valence-corrected chi connectivity index (χ4v) is 2.80. The number of pyridine rings is 1. The third-order valence-electron chi connectivity index (χ3n) is 3.78. The molecule has 0 aromatic carbocycles. The van der Waals surface area contributed by atoms with Crippen LogP contribution in [-0.4, -0.2) is 29.7 Å². The van der Waals surface area contributed by atoms with E-state index in [1.165, 1.54) is 0 Å². The van der Waals surface area contributed by atoms with Gasteiger partial charge in [0.2, 0.25) is 0 Å². The Balaban J connectivity index is 1.96. The van der Waals surface area contributed by atoms with Gasteiger partial charge in [0.05, 0.1) is 11.4 Å². The van der Waals surface area contributed by atoms with Crippen LogP contribution in [0.1, 0.15) is 43.4 Å². The van der Waals surface area contributed by atoms with E-state index in [9.17, 15) is 0 Å². The first-order valence-corrected chi connectivity index (χ1v) is 7.83. The predicted octanol–water partition coefficient (Wildman–Crippen LogP) is 2.82. The molecule has 0 radical (unpaired) electrons. The number of hydrogen-bond acceptors (Lipinski definition) is 6. The van der Waals surface area contributed by atoms with Gasteiger partial charge in [0.15, 0.2) is 11.5 Å². The van der Waals surface area contributed by atoms with Gasteiger partial charge in [0.25, 0.3) is 0 Å². The Morgan fingerprint density at radius 1 is 1.26 bits per heavy atom. The minimum atomic E-state index is -0.0112. The summed E-state index contributed by atoms with van der Waals surface area (Å²) in [7, 11) is 0. The molecule has 0 bridgehead atoms. The highest BCUT2D eigenvalue weighted by molar-refractivity contribution is 5.89. The topological polar surface area (TPSA) is 81.4 Å². The Labute approximate surface area is 135 Å². The fraction of sp³-hybridized carbons (Fsp3) is 0.438. The molecule has 0 aliphatic carbocycles. The Kier molecular flexibility index (Phi) is 4.18. The lowest BCUT2D eigenvalue weighted by molar-refractivity contribution is 0.613. The zero-order valence-electron chi connectivity index (χ0n) is 13.9. The van der Waals surface area contributed by atoms with E-state index >= 15 is 0 Å². The average molecular weight is 311 g/mol. The van der Waals surface area contributed by atoms with Crippen LogP contribution in [0.3, 0.4) is 0 Å². The number of aromatic nitrogens is 6. The zero-order chi connectivity index (χ0) is 16.4. The van der Waals surface area contributed by atoms with Crippen LogP contribution in [0.5, 0.6) is 0 Å². The number of hydrogen-bond donors (Lipinski definition) is 1. The van der Waals surface area contributed by atoms with Crippen LogP contribution < -0.4 is 5.32 Å². The molecule has 0 spiro atoms. The van der Waals surface area contributed by atoms with Crippen LogP contribution in [0.15, 0.2) is 18.7 Å². The second-order valence-electron chi connectivity index (χ2n) is 5.75. The predicted molar refractivity (Wildman–Crippen MR) is 89.2 cm³/mol. The quantitative estimate of drug-likeness (QED) is 0.780. The molecule has 0 saturated carbocycles. The highest BCUT2D eigenvalue weighted by Gasteiger charge is 2.16. The van der Waals surface area contributed by atoms with E-state index in [0.717, 1.165) is 41.3 Å². The van der Waals surface area contributed by atoms with Crippen LogP contribution >= 0.6 is 0 Å². The van der Waals surface area contributed by atoms with Gasteiger partial charge in [-0.3, -0.25) is 0 Å². The van der Waals surface area contributed by atoms with Crippen molar-refractivity contribution in [1.29, 1.82) is 0 Å². The van der Waals surface area contributed by atoms with Gasteiger partial charge in [0, 0.05) is 12.2 Å². The monoisotopic (exact) mass is 311 g/mol. The van der Waals surface area contributed by atoms with Crippen LogP contribution in [0, 0.1) is 13.8 Å². The van der Waals surface area contributed by atoms with Crippen molar-refractivity contribution in [3.8, 4) is 0 Å². The lowest BCUT2D eigenvalue weighted by atomic mass is 10.1. The summed E-state index contributed by atoms with van der Waals surface area (Å²) in [6.07, 6.45) is 4.35. The van der Waals surface area contributed by atoms with Crippen molar-refractivity contribution in [3.63, 3.8) is 0 Å². The van der Waals surface area contributed by atoms with E-state index in [0.29, 0.717) is 5.65 Å². The number of anilines is 1. The van der Waals surface area contributed by atoms with Gasteiger partial charge >= 0.3 is 0 Å². The van der Waals surface area contributed by atoms with Crippen LogP contribution in [0.2, 0.25) is 0 Å². The van der Waals surface area contributed by atoms with E-state index in [1.54, 1.807) is 12.7 Å². The maximum atomic E-state index is 4.49. The fourth-order valence-electron chi connectivity index (χ4n) is 2.80. The lowest BCUT2D eigenvalue weighted by Crippen LogP contribution is -2.15. The molecule has 3 heterocycles. The summed E-state index contributed by atoms with van der Waals surface area (Å²) in [4.78, 5) is 13.2. The molecule has 0 fully saturated rings. The number of fused-ring (bicyclic) bond motifs is 1. The minimum absolute atomic E-state index is 0.0112. The summed E-state index contributed by atoms with van der Waals surface area (Å²) in [5, 5.41) is 12.6. The molecule has 3 aromatic heterocycles. The van der Waals surface area contributed by atoms with Crippen molar-refractivity contribution in [2.75, 3.05) is 5.32 Å². The smallest absolute Gasteiger partial charge is 0.165 e. The SMILES string of the molecule is CCCn1cnnc1C(C)Nc1ncnc2nc(C)cc(C)c12. The molecule has 23 heavy (non-hydrogen) atoms. The van der Waals surface area contributed by atoms with E-state index in [-0.39, 0.29) is 6.04 Å². The first kappa shape index (κ1) is 15.3. The van der Waals surface area contributed by atoms with E-state index in [1.807, 2.05) is 13.0 Å². The van der Waals surface area contributed by atoms with Gasteiger partial charge in [-0.05, 0) is 38.8 Å². The Bertz CT molecular complexity index is 824.